The van der Waals surface area contributed by atoms with Crippen LogP contribution in [0.25, 0.3) is 22.4 Å². The largest absolute Gasteiger partial charge is 0.390 e. The van der Waals surface area contributed by atoms with E-state index < -0.39 is 39.5 Å². The number of aliphatic hydroxyl groups excluding tert-OH is 1. The van der Waals surface area contributed by atoms with E-state index >= 15 is 0 Å². The fourth-order valence-electron chi connectivity index (χ4n) is 4.09. The number of halogens is 1. The summed E-state index contributed by atoms with van der Waals surface area (Å²) < 4.78 is 39.9. The highest BCUT2D eigenvalue weighted by Crippen LogP contribution is 2.31. The second kappa shape index (κ2) is 8.56. The topological polar surface area (TPSA) is 130 Å². The van der Waals surface area contributed by atoms with Crippen molar-refractivity contribution in [2.24, 2.45) is 0 Å². The van der Waals surface area contributed by atoms with Crippen LogP contribution < -0.4 is 10.6 Å². The Hall–Kier alpha value is -3.31. The number of imidazole rings is 1. The molecule has 2 atom stereocenters. The first-order chi connectivity index (χ1) is 15.6. The predicted molar refractivity (Wildman–Crippen MR) is 121 cm³/mol. The zero-order valence-corrected chi connectivity index (χ0v) is 18.8. The van der Waals surface area contributed by atoms with Crippen LogP contribution in [0.2, 0.25) is 0 Å². The smallest absolute Gasteiger partial charge is 0.253 e. The van der Waals surface area contributed by atoms with Crippen LogP contribution in [0.3, 0.4) is 0 Å². The summed E-state index contributed by atoms with van der Waals surface area (Å²) >= 11 is 0. The monoisotopic (exact) mass is 474 g/mol. The molecule has 0 saturated carbocycles. The van der Waals surface area contributed by atoms with Crippen molar-refractivity contribution in [1.82, 2.24) is 14.9 Å². The van der Waals surface area contributed by atoms with Crippen LogP contribution in [0.15, 0.2) is 36.4 Å². The molecule has 33 heavy (non-hydrogen) atoms. The SMILES string of the molecule is CCn1c(-c2ccccc2F)nc2cc(NC(C)=O)cc(C(=O)N[C@@H]3CS(=O)(=O)C[C@H]3O)c21. The van der Waals surface area contributed by atoms with E-state index in [4.69, 9.17) is 0 Å². The number of fused-ring (bicyclic) bond motifs is 1. The van der Waals surface area contributed by atoms with Crippen LogP contribution in [0.4, 0.5) is 10.1 Å². The number of aliphatic hydroxyl groups is 1. The van der Waals surface area contributed by atoms with E-state index in [2.05, 4.69) is 15.6 Å². The summed E-state index contributed by atoms with van der Waals surface area (Å²) in [4.78, 5) is 29.4. The molecule has 0 radical (unpaired) electrons. The molecule has 4 rings (SSSR count). The number of hydrogen-bond acceptors (Lipinski definition) is 6. The van der Waals surface area contributed by atoms with Gasteiger partial charge in [-0.15, -0.1) is 0 Å². The fourth-order valence-corrected chi connectivity index (χ4v) is 5.83. The molecule has 9 nitrogen and oxygen atoms in total. The Morgan fingerprint density at radius 1 is 1.24 bits per heavy atom. The lowest BCUT2D eigenvalue weighted by Gasteiger charge is -2.17. The maximum absolute atomic E-state index is 14.5. The number of rotatable bonds is 5. The van der Waals surface area contributed by atoms with Gasteiger partial charge in [-0.2, -0.15) is 0 Å². The van der Waals surface area contributed by atoms with E-state index in [0.29, 0.717) is 29.1 Å². The number of amides is 2. The summed E-state index contributed by atoms with van der Waals surface area (Å²) in [5.41, 5.74) is 1.43. The first kappa shape index (κ1) is 22.9. The second-order valence-electron chi connectivity index (χ2n) is 7.96. The Labute approximate surface area is 189 Å². The number of nitrogens with zero attached hydrogens (tertiary/aromatic N) is 2. The van der Waals surface area contributed by atoms with Gasteiger partial charge in [0, 0.05) is 19.2 Å². The van der Waals surface area contributed by atoms with Gasteiger partial charge in [0.2, 0.25) is 5.91 Å². The number of aryl methyl sites for hydroxylation is 1. The number of benzene rings is 2. The van der Waals surface area contributed by atoms with Crippen LogP contribution in [0.5, 0.6) is 0 Å². The molecular weight excluding hydrogens is 451 g/mol. The molecule has 0 bridgehead atoms. The van der Waals surface area contributed by atoms with Gasteiger partial charge in [-0.25, -0.2) is 17.8 Å². The van der Waals surface area contributed by atoms with Gasteiger partial charge in [0.25, 0.3) is 5.91 Å². The van der Waals surface area contributed by atoms with Crippen LogP contribution in [-0.4, -0.2) is 58.5 Å². The van der Waals surface area contributed by atoms with Crippen molar-refractivity contribution in [2.75, 3.05) is 16.8 Å². The van der Waals surface area contributed by atoms with E-state index in [0.717, 1.165) is 0 Å². The van der Waals surface area contributed by atoms with Gasteiger partial charge in [0.05, 0.1) is 45.8 Å². The number of anilines is 1. The lowest BCUT2D eigenvalue weighted by atomic mass is 10.1. The standard InChI is InChI=1S/C22H23FN4O5S/c1-3-27-20-15(22(30)26-18-10-33(31,32)11-19(18)29)8-13(24-12(2)28)9-17(20)25-21(27)14-6-4-5-7-16(14)23/h4-9,18-19,29H,3,10-11H2,1-2H3,(H,24,28)(H,26,30)/t18-,19-/m1/s1. The first-order valence-corrected chi connectivity index (χ1v) is 12.2. The molecular formula is C22H23FN4O5S. The zero-order chi connectivity index (χ0) is 23.9. The van der Waals surface area contributed by atoms with Crippen molar-refractivity contribution in [3.63, 3.8) is 0 Å². The van der Waals surface area contributed by atoms with E-state index in [9.17, 15) is 27.5 Å². The van der Waals surface area contributed by atoms with Crippen molar-refractivity contribution in [3.05, 3.63) is 47.8 Å². The highest BCUT2D eigenvalue weighted by Gasteiger charge is 2.38. The van der Waals surface area contributed by atoms with Gasteiger partial charge in [-0.05, 0) is 31.2 Å². The van der Waals surface area contributed by atoms with Gasteiger partial charge >= 0.3 is 0 Å². The lowest BCUT2D eigenvalue weighted by Crippen LogP contribution is -2.42. The third-order valence-electron chi connectivity index (χ3n) is 5.48. The predicted octanol–water partition coefficient (Wildman–Crippen LogP) is 1.71. The quantitative estimate of drug-likeness (QED) is 0.516. The molecule has 1 aliphatic rings. The van der Waals surface area contributed by atoms with Crippen molar-refractivity contribution >= 4 is 38.4 Å². The van der Waals surface area contributed by atoms with Crippen molar-refractivity contribution < 1.29 is 27.5 Å². The summed E-state index contributed by atoms with van der Waals surface area (Å²) in [7, 11) is -3.47. The zero-order valence-electron chi connectivity index (χ0n) is 18.0. The molecule has 1 aliphatic heterocycles. The maximum Gasteiger partial charge on any atom is 0.253 e. The molecule has 3 aromatic rings. The van der Waals surface area contributed by atoms with Crippen LogP contribution in [0.1, 0.15) is 24.2 Å². The van der Waals surface area contributed by atoms with Crippen LogP contribution in [0, 0.1) is 5.82 Å². The lowest BCUT2D eigenvalue weighted by molar-refractivity contribution is -0.114. The molecule has 1 saturated heterocycles. The Kier molecular flexibility index (Phi) is 5.93. The minimum atomic E-state index is -3.47. The Morgan fingerprint density at radius 2 is 1.97 bits per heavy atom. The molecule has 1 aromatic heterocycles. The minimum absolute atomic E-state index is 0.115. The number of hydrogen-bond donors (Lipinski definition) is 3. The normalized spacial score (nSPS) is 19.5. The molecule has 2 heterocycles. The van der Waals surface area contributed by atoms with Gasteiger partial charge in [-0.3, -0.25) is 9.59 Å². The highest BCUT2D eigenvalue weighted by atomic mass is 32.2. The number of sulfone groups is 1. The summed E-state index contributed by atoms with van der Waals surface area (Å²) in [5, 5.41) is 15.3. The van der Waals surface area contributed by atoms with Crippen LogP contribution in [-0.2, 0) is 21.2 Å². The summed E-state index contributed by atoms with van der Waals surface area (Å²) in [6.07, 6.45) is -1.22. The number of carbonyl (C=O) groups excluding carboxylic acids is 2. The average molecular weight is 475 g/mol. The molecule has 3 N–H and O–H groups in total. The summed E-state index contributed by atoms with van der Waals surface area (Å²) in [6, 6.07) is 8.20. The summed E-state index contributed by atoms with van der Waals surface area (Å²) in [6.45, 7) is 3.50. The van der Waals surface area contributed by atoms with Crippen molar-refractivity contribution in [1.29, 1.82) is 0 Å². The van der Waals surface area contributed by atoms with Crippen molar-refractivity contribution in [3.8, 4) is 11.4 Å². The Bertz CT molecular complexity index is 1370. The maximum atomic E-state index is 14.5. The molecule has 2 aromatic carbocycles. The van der Waals surface area contributed by atoms with Gasteiger partial charge in [0.15, 0.2) is 9.84 Å². The van der Waals surface area contributed by atoms with E-state index in [1.54, 1.807) is 28.8 Å². The molecule has 174 valence electrons. The Balaban J connectivity index is 1.87. The van der Waals surface area contributed by atoms with Gasteiger partial charge < -0.3 is 20.3 Å². The third-order valence-corrected chi connectivity index (χ3v) is 7.19. The average Bonchev–Trinajstić information content (AvgIpc) is 3.22. The Morgan fingerprint density at radius 3 is 2.58 bits per heavy atom. The van der Waals surface area contributed by atoms with Crippen LogP contribution >= 0.6 is 0 Å². The van der Waals surface area contributed by atoms with E-state index in [-0.39, 0.29) is 22.8 Å². The first-order valence-electron chi connectivity index (χ1n) is 10.4. The highest BCUT2D eigenvalue weighted by molar-refractivity contribution is 7.91. The molecule has 11 heteroatoms. The van der Waals surface area contributed by atoms with E-state index in [1.807, 2.05) is 6.92 Å². The molecule has 2 amide bonds. The summed E-state index contributed by atoms with van der Waals surface area (Å²) in [5.74, 6) is -1.96. The molecule has 1 fully saturated rings. The fraction of sp³-hybridized carbons (Fsp3) is 0.318. The number of carbonyl (C=O) groups is 2. The third kappa shape index (κ3) is 4.46. The number of aromatic nitrogens is 2. The van der Waals surface area contributed by atoms with Crippen molar-refractivity contribution in [2.45, 2.75) is 32.5 Å². The molecule has 0 aliphatic carbocycles. The molecule has 0 spiro atoms. The number of nitrogens with one attached hydrogen (secondary N) is 2. The van der Waals surface area contributed by atoms with Gasteiger partial charge in [0.1, 0.15) is 11.6 Å². The second-order valence-corrected chi connectivity index (χ2v) is 10.1. The molecule has 0 unspecified atom stereocenters. The van der Waals surface area contributed by atoms with E-state index in [1.165, 1.54) is 19.1 Å². The minimum Gasteiger partial charge on any atom is -0.390 e. The van der Waals surface area contributed by atoms with Gasteiger partial charge in [-0.1, -0.05) is 12.1 Å².